The molecule has 11 N–H and O–H groups in total. The zero-order valence-electron chi connectivity index (χ0n) is 8.13. The van der Waals surface area contributed by atoms with Crippen molar-refractivity contribution in [2.75, 3.05) is 6.54 Å². The number of hydrogen-bond donors (Lipinski definition) is 7. The number of hydrogen-bond acceptors (Lipinski definition) is 6. The van der Waals surface area contributed by atoms with Gasteiger partial charge in [-0.3, -0.25) is 5.32 Å². The summed E-state index contributed by atoms with van der Waals surface area (Å²) in [6.07, 6.45) is 1.48. The van der Waals surface area contributed by atoms with E-state index in [1.165, 1.54) is 0 Å². The van der Waals surface area contributed by atoms with Gasteiger partial charge >= 0.3 is 7.94 Å². The van der Waals surface area contributed by atoms with Gasteiger partial charge in [-0.1, -0.05) is 0 Å². The van der Waals surface area contributed by atoms with Crippen LogP contribution in [0.1, 0.15) is 19.3 Å². The van der Waals surface area contributed by atoms with Gasteiger partial charge in [0.1, 0.15) is 6.29 Å². The summed E-state index contributed by atoms with van der Waals surface area (Å²) in [5.41, 5.74) is 14.0. The predicted octanol–water partition coefficient (Wildman–Crippen LogP) is -2.75. The molecule has 7 nitrogen and oxygen atoms in total. The Kier molecular flexibility index (Phi) is 6.67. The SMILES string of the molecule is NC(N)NCCCC[C@H]([NH3+])[P+](O)(O)O. The zero-order chi connectivity index (χ0) is 11.2. The minimum atomic E-state index is -3.76. The standard InChI is InChI=1S/C6H20N4O3P/c7-5(14(11,12)13)3-1-2-4-10-6(8)9/h5-6,10-13H,1-4,7-9H2/q+1/p+1/t5-/m1/s1. The van der Waals surface area contributed by atoms with Crippen LogP contribution in [0, 0.1) is 0 Å². The van der Waals surface area contributed by atoms with E-state index in [9.17, 15) is 0 Å². The van der Waals surface area contributed by atoms with Gasteiger partial charge in [-0.2, -0.15) is 14.7 Å². The molecular formula is C6H21N4O3P+2. The van der Waals surface area contributed by atoms with Gasteiger partial charge in [-0.25, -0.2) is 0 Å². The highest BCUT2D eigenvalue weighted by Gasteiger charge is 2.42. The Morgan fingerprint density at radius 3 is 2.21 bits per heavy atom. The van der Waals surface area contributed by atoms with Crippen molar-refractivity contribution in [2.24, 2.45) is 11.5 Å². The van der Waals surface area contributed by atoms with E-state index in [0.29, 0.717) is 13.0 Å². The van der Waals surface area contributed by atoms with Crippen LogP contribution in [0.5, 0.6) is 0 Å². The summed E-state index contributed by atoms with van der Waals surface area (Å²) in [4.78, 5) is 26.5. The molecule has 0 saturated carbocycles. The van der Waals surface area contributed by atoms with Crippen LogP contribution in [0.2, 0.25) is 0 Å². The summed E-state index contributed by atoms with van der Waals surface area (Å²) >= 11 is 0. The Bertz CT molecular complexity index is 153. The number of nitrogens with one attached hydrogen (secondary N) is 1. The number of nitrogens with two attached hydrogens (primary N) is 2. The average Bonchev–Trinajstić information content (AvgIpc) is 2.01. The monoisotopic (exact) mass is 228 g/mol. The van der Waals surface area contributed by atoms with Crippen molar-refractivity contribution in [1.82, 2.24) is 5.32 Å². The number of rotatable bonds is 7. The summed E-state index contributed by atoms with van der Waals surface area (Å²) in [7, 11) is -3.76. The maximum absolute atomic E-state index is 8.84. The number of quaternary nitrogens is 1. The van der Waals surface area contributed by atoms with Gasteiger partial charge in [-0.15, -0.1) is 0 Å². The van der Waals surface area contributed by atoms with Crippen molar-refractivity contribution in [2.45, 2.75) is 31.3 Å². The minimum absolute atomic E-state index is 0.471. The second-order valence-electron chi connectivity index (χ2n) is 3.24. The Morgan fingerprint density at radius 2 is 1.79 bits per heavy atom. The largest absolute Gasteiger partial charge is 0.465 e. The Labute approximate surface area is 83.9 Å². The molecule has 0 amide bonds. The molecule has 0 spiro atoms. The second kappa shape index (κ2) is 6.60. The molecule has 0 aromatic rings. The topological polar surface area (TPSA) is 152 Å². The first-order valence-electron chi connectivity index (χ1n) is 4.48. The molecule has 86 valence electrons. The van der Waals surface area contributed by atoms with Gasteiger partial charge in [0.15, 0.2) is 0 Å². The summed E-state index contributed by atoms with van der Waals surface area (Å²) in [5.74, 6) is -0.700. The molecule has 0 rings (SSSR count). The fourth-order valence-electron chi connectivity index (χ4n) is 0.947. The lowest BCUT2D eigenvalue weighted by Gasteiger charge is -2.10. The lowest BCUT2D eigenvalue weighted by Crippen LogP contribution is -2.61. The maximum atomic E-state index is 8.84. The van der Waals surface area contributed by atoms with E-state index in [1.54, 1.807) is 0 Å². The fourth-order valence-corrected chi connectivity index (χ4v) is 1.48. The second-order valence-corrected chi connectivity index (χ2v) is 5.20. The lowest BCUT2D eigenvalue weighted by atomic mass is 10.2. The van der Waals surface area contributed by atoms with Gasteiger partial charge in [0.05, 0.1) is 0 Å². The highest BCUT2D eigenvalue weighted by molar-refractivity contribution is 7.59. The highest BCUT2D eigenvalue weighted by Crippen LogP contribution is 2.48. The van der Waals surface area contributed by atoms with Crippen molar-refractivity contribution < 1.29 is 20.4 Å². The smallest absolute Gasteiger partial charge is 0.317 e. The molecule has 0 aromatic heterocycles. The van der Waals surface area contributed by atoms with E-state index in [2.05, 4.69) is 11.1 Å². The molecule has 0 unspecified atom stereocenters. The van der Waals surface area contributed by atoms with Gasteiger partial charge < -0.3 is 17.2 Å². The maximum Gasteiger partial charge on any atom is 0.465 e. The third-order valence-electron chi connectivity index (χ3n) is 1.83. The number of unbranched alkanes of at least 4 members (excludes halogenated alkanes) is 1. The van der Waals surface area contributed by atoms with Gasteiger partial charge in [0, 0.05) is 6.42 Å². The first-order valence-corrected chi connectivity index (χ1v) is 6.20. The third kappa shape index (κ3) is 7.54. The lowest BCUT2D eigenvalue weighted by molar-refractivity contribution is -0.396. The van der Waals surface area contributed by atoms with Crippen molar-refractivity contribution in [1.29, 1.82) is 0 Å². The van der Waals surface area contributed by atoms with E-state index in [1.807, 2.05) is 0 Å². The van der Waals surface area contributed by atoms with Crippen LogP contribution in [0.4, 0.5) is 0 Å². The highest BCUT2D eigenvalue weighted by atomic mass is 31.2. The molecule has 14 heavy (non-hydrogen) atoms. The normalized spacial score (nSPS) is 14.8. The molecule has 0 aliphatic carbocycles. The molecular weight excluding hydrogens is 207 g/mol. The first-order chi connectivity index (χ1) is 6.34. The average molecular weight is 228 g/mol. The molecule has 0 aliphatic heterocycles. The summed E-state index contributed by atoms with van der Waals surface area (Å²) in [5, 5.41) is 2.81. The Balaban J connectivity index is 3.37. The van der Waals surface area contributed by atoms with E-state index < -0.39 is 20.0 Å². The molecule has 0 aliphatic rings. The van der Waals surface area contributed by atoms with E-state index >= 15 is 0 Å². The van der Waals surface area contributed by atoms with Crippen LogP contribution in [-0.2, 0) is 0 Å². The molecule has 0 aromatic carbocycles. The van der Waals surface area contributed by atoms with Crippen LogP contribution in [0.15, 0.2) is 0 Å². The van der Waals surface area contributed by atoms with E-state index in [-0.39, 0.29) is 0 Å². The van der Waals surface area contributed by atoms with E-state index in [0.717, 1.165) is 12.8 Å². The van der Waals surface area contributed by atoms with Crippen LogP contribution in [0.3, 0.4) is 0 Å². The molecule has 0 radical (unpaired) electrons. The molecule has 0 fully saturated rings. The predicted molar refractivity (Wildman–Crippen MR) is 54.3 cm³/mol. The Morgan fingerprint density at radius 1 is 1.21 bits per heavy atom. The van der Waals surface area contributed by atoms with Crippen LogP contribution in [-0.4, -0.2) is 33.3 Å². The van der Waals surface area contributed by atoms with Gasteiger partial charge in [0.2, 0.25) is 0 Å². The molecule has 0 saturated heterocycles. The van der Waals surface area contributed by atoms with Gasteiger partial charge in [0.25, 0.3) is 5.78 Å². The fraction of sp³-hybridized carbons (Fsp3) is 1.00. The van der Waals surface area contributed by atoms with Crippen molar-refractivity contribution in [3.05, 3.63) is 0 Å². The van der Waals surface area contributed by atoms with Crippen molar-refractivity contribution >= 4 is 7.94 Å². The minimum Gasteiger partial charge on any atom is -0.317 e. The van der Waals surface area contributed by atoms with Crippen LogP contribution in [0.25, 0.3) is 0 Å². The quantitative estimate of drug-likeness (QED) is 0.142. The molecule has 1 atom stereocenters. The third-order valence-corrected chi connectivity index (χ3v) is 3.07. The van der Waals surface area contributed by atoms with Gasteiger partial charge in [-0.05, 0) is 19.4 Å². The molecule has 0 heterocycles. The van der Waals surface area contributed by atoms with Crippen molar-refractivity contribution in [3.8, 4) is 0 Å². The summed E-state index contributed by atoms with van der Waals surface area (Å²) in [6, 6.07) is 0. The summed E-state index contributed by atoms with van der Waals surface area (Å²) in [6.45, 7) is 0.665. The first kappa shape index (κ1) is 14.2. The zero-order valence-corrected chi connectivity index (χ0v) is 9.03. The molecule has 8 heteroatoms. The van der Waals surface area contributed by atoms with Crippen molar-refractivity contribution in [3.63, 3.8) is 0 Å². The molecule has 0 bridgehead atoms. The van der Waals surface area contributed by atoms with Crippen LogP contribution < -0.4 is 22.5 Å². The van der Waals surface area contributed by atoms with Crippen LogP contribution >= 0.6 is 7.94 Å². The Hall–Kier alpha value is 0.150. The van der Waals surface area contributed by atoms with E-state index in [4.69, 9.17) is 26.1 Å². The summed E-state index contributed by atoms with van der Waals surface area (Å²) < 4.78 is 0.